The van der Waals surface area contributed by atoms with Crippen molar-refractivity contribution in [3.05, 3.63) is 23.4 Å². The van der Waals surface area contributed by atoms with Crippen LogP contribution in [0, 0.1) is 5.92 Å². The van der Waals surface area contributed by atoms with Crippen LogP contribution in [0.25, 0.3) is 11.7 Å². The van der Waals surface area contributed by atoms with Crippen LogP contribution in [0.5, 0.6) is 0 Å². The average Bonchev–Trinajstić information content (AvgIpc) is 3.38. The van der Waals surface area contributed by atoms with Crippen LogP contribution in [0.4, 0.5) is 11.6 Å². The molecule has 2 aromatic heterocycles. The van der Waals surface area contributed by atoms with Crippen molar-refractivity contribution in [2.75, 3.05) is 30.4 Å². The Balaban J connectivity index is 1.49. The summed E-state index contributed by atoms with van der Waals surface area (Å²) in [5.41, 5.74) is 1.80. The molecular formula is C20H24N6O3. The van der Waals surface area contributed by atoms with E-state index >= 15 is 0 Å². The third kappa shape index (κ3) is 3.95. The number of rotatable bonds is 6. The third-order valence-electron chi connectivity index (χ3n) is 5.57. The van der Waals surface area contributed by atoms with Gasteiger partial charge in [0.1, 0.15) is 11.6 Å². The Labute approximate surface area is 167 Å². The summed E-state index contributed by atoms with van der Waals surface area (Å²) in [7, 11) is 0. The van der Waals surface area contributed by atoms with Gasteiger partial charge >= 0.3 is 0 Å². The van der Waals surface area contributed by atoms with Gasteiger partial charge in [-0.25, -0.2) is 4.98 Å². The monoisotopic (exact) mass is 396 g/mol. The van der Waals surface area contributed by atoms with E-state index in [1.807, 2.05) is 6.07 Å². The summed E-state index contributed by atoms with van der Waals surface area (Å²) in [6, 6.07) is 2.30. The van der Waals surface area contributed by atoms with Crippen molar-refractivity contribution in [2.24, 2.45) is 5.92 Å². The number of hydrogen-bond acceptors (Lipinski definition) is 7. The first-order valence-corrected chi connectivity index (χ1v) is 10.2. The molecule has 9 heteroatoms. The fourth-order valence-electron chi connectivity index (χ4n) is 3.71. The Morgan fingerprint density at radius 1 is 1.24 bits per heavy atom. The van der Waals surface area contributed by atoms with E-state index in [1.165, 1.54) is 12.8 Å². The molecule has 3 aliphatic rings. The Kier molecular flexibility index (Phi) is 4.67. The molecule has 5 rings (SSSR count). The van der Waals surface area contributed by atoms with Crippen molar-refractivity contribution >= 4 is 35.2 Å². The van der Waals surface area contributed by atoms with Gasteiger partial charge in [-0.15, -0.1) is 0 Å². The van der Waals surface area contributed by atoms with Crippen molar-refractivity contribution in [3.63, 3.8) is 0 Å². The van der Waals surface area contributed by atoms with Crippen LogP contribution in [0.1, 0.15) is 37.7 Å². The molecule has 0 bridgehead atoms. The quantitative estimate of drug-likeness (QED) is 0.502. The molecule has 152 valence electrons. The molecule has 2 aromatic rings. The van der Waals surface area contributed by atoms with Gasteiger partial charge in [-0.2, -0.15) is 9.61 Å². The molecule has 0 radical (unpaired) electrons. The van der Waals surface area contributed by atoms with E-state index in [4.69, 9.17) is 9.72 Å². The highest BCUT2D eigenvalue weighted by Crippen LogP contribution is 2.30. The lowest BCUT2D eigenvalue weighted by molar-refractivity contribution is -0.124. The molecule has 0 unspecified atom stereocenters. The number of imide groups is 1. The minimum Gasteiger partial charge on any atom is -0.381 e. The molecule has 4 heterocycles. The van der Waals surface area contributed by atoms with Crippen molar-refractivity contribution in [1.82, 2.24) is 19.9 Å². The lowest BCUT2D eigenvalue weighted by Gasteiger charge is -2.24. The standard InChI is InChI=1S/C20H24N6O3/c27-18-8-13(20(28)25-18)7-14-11-22-26-17(21-10-12-1-2-12)9-16(24-19(14)26)23-15-3-5-29-6-4-15/h7,9,11-12,15,21H,1-6,8,10H2,(H,23,24)(H,25,27,28). The number of ether oxygens (including phenoxy) is 1. The van der Waals surface area contributed by atoms with E-state index in [2.05, 4.69) is 21.0 Å². The molecule has 0 atom stereocenters. The van der Waals surface area contributed by atoms with Gasteiger partial charge in [-0.05, 0) is 37.7 Å². The maximum atomic E-state index is 11.9. The summed E-state index contributed by atoms with van der Waals surface area (Å²) in [5.74, 6) is 1.73. The maximum Gasteiger partial charge on any atom is 0.254 e. The largest absolute Gasteiger partial charge is 0.381 e. The molecular weight excluding hydrogens is 372 g/mol. The van der Waals surface area contributed by atoms with Crippen LogP contribution in [0.3, 0.4) is 0 Å². The van der Waals surface area contributed by atoms with E-state index in [1.54, 1.807) is 16.8 Å². The zero-order valence-electron chi connectivity index (χ0n) is 16.1. The number of hydrogen-bond donors (Lipinski definition) is 3. The zero-order chi connectivity index (χ0) is 19.8. The van der Waals surface area contributed by atoms with Crippen LogP contribution in [0.15, 0.2) is 17.8 Å². The number of fused-ring (bicyclic) bond motifs is 1. The molecule has 0 aromatic carbocycles. The SMILES string of the molecule is O=C1CC(=Cc2cnn3c(NCC4CC4)cc(NC4CCOCC4)nc23)C(=O)N1. The van der Waals surface area contributed by atoms with E-state index in [9.17, 15) is 9.59 Å². The second-order valence-electron chi connectivity index (χ2n) is 7.94. The van der Waals surface area contributed by atoms with Crippen molar-refractivity contribution in [3.8, 4) is 0 Å². The normalized spacial score (nSPS) is 21.7. The number of anilines is 2. The van der Waals surface area contributed by atoms with Crippen LogP contribution < -0.4 is 16.0 Å². The van der Waals surface area contributed by atoms with Gasteiger partial charge in [-0.1, -0.05) is 0 Å². The fraction of sp³-hybridized carbons (Fsp3) is 0.500. The van der Waals surface area contributed by atoms with E-state index in [-0.39, 0.29) is 18.2 Å². The summed E-state index contributed by atoms with van der Waals surface area (Å²) < 4.78 is 7.21. The van der Waals surface area contributed by atoms with E-state index in [0.29, 0.717) is 17.3 Å². The Hall–Kier alpha value is -2.94. The number of carbonyl (C=O) groups is 2. The van der Waals surface area contributed by atoms with Crippen molar-refractivity contribution < 1.29 is 14.3 Å². The number of aromatic nitrogens is 3. The Morgan fingerprint density at radius 2 is 2.07 bits per heavy atom. The molecule has 2 aliphatic heterocycles. The molecule has 3 N–H and O–H groups in total. The number of amides is 2. The number of nitrogens with zero attached hydrogens (tertiary/aromatic N) is 3. The van der Waals surface area contributed by atoms with Crippen LogP contribution in [0.2, 0.25) is 0 Å². The van der Waals surface area contributed by atoms with Crippen LogP contribution in [-0.4, -0.2) is 52.2 Å². The summed E-state index contributed by atoms with van der Waals surface area (Å²) in [6.07, 6.45) is 7.88. The smallest absolute Gasteiger partial charge is 0.254 e. The van der Waals surface area contributed by atoms with Crippen LogP contribution in [-0.2, 0) is 14.3 Å². The average molecular weight is 396 g/mol. The zero-order valence-corrected chi connectivity index (χ0v) is 16.1. The highest BCUT2D eigenvalue weighted by molar-refractivity contribution is 6.15. The van der Waals surface area contributed by atoms with Gasteiger partial charge in [0.2, 0.25) is 5.91 Å². The summed E-state index contributed by atoms with van der Waals surface area (Å²) in [6.45, 7) is 2.41. The lowest BCUT2D eigenvalue weighted by Crippen LogP contribution is -2.28. The van der Waals surface area contributed by atoms with Gasteiger partial charge in [0, 0.05) is 43.0 Å². The predicted molar refractivity (Wildman–Crippen MR) is 107 cm³/mol. The first kappa shape index (κ1) is 18.1. The predicted octanol–water partition coefficient (Wildman–Crippen LogP) is 1.57. The van der Waals surface area contributed by atoms with E-state index in [0.717, 1.165) is 55.7 Å². The van der Waals surface area contributed by atoms with Gasteiger partial charge in [-0.3, -0.25) is 14.9 Å². The second-order valence-corrected chi connectivity index (χ2v) is 7.94. The highest BCUT2D eigenvalue weighted by atomic mass is 16.5. The molecule has 9 nitrogen and oxygen atoms in total. The molecule has 29 heavy (non-hydrogen) atoms. The highest BCUT2D eigenvalue weighted by Gasteiger charge is 2.25. The first-order valence-electron chi connectivity index (χ1n) is 10.2. The topological polar surface area (TPSA) is 110 Å². The number of nitrogens with one attached hydrogen (secondary N) is 3. The van der Waals surface area contributed by atoms with Gasteiger partial charge < -0.3 is 15.4 Å². The Bertz CT molecular complexity index is 988. The van der Waals surface area contributed by atoms with Gasteiger partial charge in [0.25, 0.3) is 5.91 Å². The molecule has 1 saturated carbocycles. The minimum absolute atomic E-state index is 0.0863. The first-order chi connectivity index (χ1) is 14.2. The third-order valence-corrected chi connectivity index (χ3v) is 5.57. The van der Waals surface area contributed by atoms with Crippen molar-refractivity contribution in [1.29, 1.82) is 0 Å². The van der Waals surface area contributed by atoms with Gasteiger partial charge in [0.15, 0.2) is 5.65 Å². The molecule has 3 fully saturated rings. The van der Waals surface area contributed by atoms with Gasteiger partial charge in [0.05, 0.1) is 12.6 Å². The maximum absolute atomic E-state index is 11.9. The Morgan fingerprint density at radius 3 is 2.79 bits per heavy atom. The van der Waals surface area contributed by atoms with Crippen LogP contribution >= 0.6 is 0 Å². The molecule has 1 aliphatic carbocycles. The summed E-state index contributed by atoms with van der Waals surface area (Å²) in [5, 5.41) is 13.8. The molecule has 2 saturated heterocycles. The minimum atomic E-state index is -0.349. The lowest BCUT2D eigenvalue weighted by atomic mass is 10.1. The molecule has 0 spiro atoms. The van der Waals surface area contributed by atoms with E-state index < -0.39 is 0 Å². The molecule has 2 amide bonds. The van der Waals surface area contributed by atoms with Crippen molar-refractivity contribution in [2.45, 2.75) is 38.1 Å². The second kappa shape index (κ2) is 7.47. The summed E-state index contributed by atoms with van der Waals surface area (Å²) in [4.78, 5) is 28.2. The number of carbonyl (C=O) groups excluding carboxylic acids is 2. The fourth-order valence-corrected chi connectivity index (χ4v) is 3.71. The summed E-state index contributed by atoms with van der Waals surface area (Å²) >= 11 is 0.